The minimum absolute atomic E-state index is 0.0318. The predicted octanol–water partition coefficient (Wildman–Crippen LogP) is 2.23. The fourth-order valence-electron chi connectivity index (χ4n) is 1.78. The minimum atomic E-state index is -0.649. The van der Waals surface area contributed by atoms with Gasteiger partial charge in [-0.15, -0.1) is 0 Å². The van der Waals surface area contributed by atoms with Crippen LogP contribution in [0.2, 0.25) is 0 Å². The molecular formula is C15H13FN2O2. The monoisotopic (exact) mass is 272 g/mol. The van der Waals surface area contributed by atoms with Crippen LogP contribution in [-0.4, -0.2) is 19.2 Å². The van der Waals surface area contributed by atoms with E-state index in [2.05, 4.69) is 0 Å². The second-order valence-electron chi connectivity index (χ2n) is 4.33. The molecule has 0 aliphatic carbocycles. The maximum absolute atomic E-state index is 13.7. The quantitative estimate of drug-likeness (QED) is 0.527. The molecule has 0 fully saturated rings. The fourth-order valence-corrected chi connectivity index (χ4v) is 1.78. The summed E-state index contributed by atoms with van der Waals surface area (Å²) in [7, 11) is 1.60. The molecule has 0 atom stereocenters. The Hall–Kier alpha value is -2.69. The molecule has 5 heteroatoms. The highest BCUT2D eigenvalue weighted by molar-refractivity contribution is 6.09. The van der Waals surface area contributed by atoms with Crippen LogP contribution in [-0.2, 0) is 4.79 Å². The molecule has 4 nitrogen and oxygen atoms in total. The molecule has 0 aliphatic heterocycles. The van der Waals surface area contributed by atoms with Crippen LogP contribution in [0.3, 0.4) is 0 Å². The zero-order valence-electron chi connectivity index (χ0n) is 10.8. The maximum atomic E-state index is 13.7. The number of anilines is 2. The third kappa shape index (κ3) is 2.66. The topological polar surface area (TPSA) is 63.4 Å². The number of benzene rings is 2. The molecule has 2 rings (SSSR count). The molecule has 0 saturated heterocycles. The van der Waals surface area contributed by atoms with Gasteiger partial charge in [0.2, 0.25) is 6.41 Å². The molecule has 1 amide bonds. The Labute approximate surface area is 115 Å². The Morgan fingerprint density at radius 3 is 2.40 bits per heavy atom. The van der Waals surface area contributed by atoms with Gasteiger partial charge < -0.3 is 10.6 Å². The predicted molar refractivity (Wildman–Crippen MR) is 75.2 cm³/mol. The van der Waals surface area contributed by atoms with Crippen LogP contribution < -0.4 is 10.6 Å². The van der Waals surface area contributed by atoms with Gasteiger partial charge in [-0.3, -0.25) is 9.59 Å². The maximum Gasteiger partial charge on any atom is 0.213 e. The summed E-state index contributed by atoms with van der Waals surface area (Å²) in [4.78, 5) is 24.2. The van der Waals surface area contributed by atoms with Gasteiger partial charge in [0, 0.05) is 24.0 Å². The number of halogens is 1. The summed E-state index contributed by atoms with van der Waals surface area (Å²) in [6.07, 6.45) is 0.663. The van der Waals surface area contributed by atoms with Crippen molar-refractivity contribution < 1.29 is 14.0 Å². The number of rotatable bonds is 4. The molecule has 2 N–H and O–H groups in total. The van der Waals surface area contributed by atoms with E-state index in [0.29, 0.717) is 17.7 Å². The van der Waals surface area contributed by atoms with Crippen LogP contribution in [0.15, 0.2) is 42.5 Å². The van der Waals surface area contributed by atoms with E-state index in [1.165, 1.54) is 17.0 Å². The first-order valence-electron chi connectivity index (χ1n) is 5.91. The number of amides is 1. The zero-order chi connectivity index (χ0) is 14.7. The lowest BCUT2D eigenvalue weighted by molar-refractivity contribution is -0.107. The van der Waals surface area contributed by atoms with Crippen molar-refractivity contribution in [1.82, 2.24) is 0 Å². The van der Waals surface area contributed by atoms with Gasteiger partial charge in [-0.2, -0.15) is 0 Å². The molecule has 2 aromatic rings. The molecule has 0 aliphatic rings. The van der Waals surface area contributed by atoms with E-state index in [-0.39, 0.29) is 11.3 Å². The molecule has 0 radical (unpaired) electrons. The van der Waals surface area contributed by atoms with Crippen LogP contribution in [0.25, 0.3) is 0 Å². The summed E-state index contributed by atoms with van der Waals surface area (Å²) in [6, 6.07) is 10.3. The van der Waals surface area contributed by atoms with Gasteiger partial charge in [0.1, 0.15) is 5.82 Å². The SMILES string of the molecule is CN(C=O)c1ccc(C(=O)c2ccc(N)cc2F)cc1. The molecule has 0 unspecified atom stereocenters. The smallest absolute Gasteiger partial charge is 0.213 e. The largest absolute Gasteiger partial charge is 0.399 e. The van der Waals surface area contributed by atoms with Crippen molar-refractivity contribution >= 4 is 23.6 Å². The van der Waals surface area contributed by atoms with Gasteiger partial charge in [0.25, 0.3) is 0 Å². The van der Waals surface area contributed by atoms with E-state index in [1.54, 1.807) is 31.3 Å². The summed E-state index contributed by atoms with van der Waals surface area (Å²) >= 11 is 0. The van der Waals surface area contributed by atoms with Crippen LogP contribution in [0, 0.1) is 5.82 Å². The Balaban J connectivity index is 2.31. The van der Waals surface area contributed by atoms with Crippen molar-refractivity contribution in [2.45, 2.75) is 0 Å². The highest BCUT2D eigenvalue weighted by Gasteiger charge is 2.14. The van der Waals surface area contributed by atoms with Crippen molar-refractivity contribution in [3.8, 4) is 0 Å². The van der Waals surface area contributed by atoms with Gasteiger partial charge in [-0.1, -0.05) is 0 Å². The Morgan fingerprint density at radius 2 is 1.85 bits per heavy atom. The first-order chi connectivity index (χ1) is 9.52. The molecule has 0 bridgehead atoms. The van der Waals surface area contributed by atoms with E-state index in [0.717, 1.165) is 6.07 Å². The van der Waals surface area contributed by atoms with Crippen LogP contribution in [0.4, 0.5) is 15.8 Å². The van der Waals surface area contributed by atoms with Crippen molar-refractivity contribution in [2.75, 3.05) is 17.7 Å². The average Bonchev–Trinajstić information content (AvgIpc) is 2.46. The third-order valence-electron chi connectivity index (χ3n) is 2.93. The second-order valence-corrected chi connectivity index (χ2v) is 4.33. The molecule has 2 aromatic carbocycles. The van der Waals surface area contributed by atoms with E-state index in [4.69, 9.17) is 5.73 Å². The lowest BCUT2D eigenvalue weighted by Gasteiger charge is -2.11. The van der Waals surface area contributed by atoms with Crippen molar-refractivity contribution in [3.63, 3.8) is 0 Å². The summed E-state index contributed by atoms with van der Waals surface area (Å²) in [6.45, 7) is 0. The molecule has 20 heavy (non-hydrogen) atoms. The number of nitrogens with two attached hydrogens (primary N) is 1. The normalized spacial score (nSPS) is 10.1. The third-order valence-corrected chi connectivity index (χ3v) is 2.93. The number of hydrogen-bond acceptors (Lipinski definition) is 3. The lowest BCUT2D eigenvalue weighted by atomic mass is 10.0. The number of ketones is 1. The fraction of sp³-hybridized carbons (Fsp3) is 0.0667. The van der Waals surface area contributed by atoms with Crippen LogP contribution in [0.5, 0.6) is 0 Å². The molecule has 102 valence electrons. The highest BCUT2D eigenvalue weighted by atomic mass is 19.1. The van der Waals surface area contributed by atoms with Crippen molar-refractivity contribution in [3.05, 3.63) is 59.4 Å². The van der Waals surface area contributed by atoms with Gasteiger partial charge >= 0.3 is 0 Å². The van der Waals surface area contributed by atoms with Gasteiger partial charge in [0.05, 0.1) is 5.56 Å². The molecule has 0 saturated carbocycles. The van der Waals surface area contributed by atoms with Crippen molar-refractivity contribution in [2.24, 2.45) is 0 Å². The summed E-state index contributed by atoms with van der Waals surface area (Å²) in [5.74, 6) is -1.08. The van der Waals surface area contributed by atoms with Gasteiger partial charge in [0.15, 0.2) is 5.78 Å². The lowest BCUT2D eigenvalue weighted by Crippen LogP contribution is -2.13. The standard InChI is InChI=1S/C15H13FN2O2/c1-18(9-19)12-5-2-10(3-6-12)15(20)13-7-4-11(17)8-14(13)16/h2-9H,17H2,1H3. The molecule has 0 aromatic heterocycles. The highest BCUT2D eigenvalue weighted by Crippen LogP contribution is 2.18. The van der Waals surface area contributed by atoms with E-state index in [9.17, 15) is 14.0 Å². The number of carbonyl (C=O) groups is 2. The number of nitrogens with zero attached hydrogens (tertiary/aromatic N) is 1. The Morgan fingerprint density at radius 1 is 1.20 bits per heavy atom. The van der Waals surface area contributed by atoms with E-state index >= 15 is 0 Å². The number of nitrogen functional groups attached to an aromatic ring is 1. The first-order valence-corrected chi connectivity index (χ1v) is 5.91. The summed E-state index contributed by atoms with van der Waals surface area (Å²) in [5, 5.41) is 0. The summed E-state index contributed by atoms with van der Waals surface area (Å²) in [5.41, 5.74) is 6.67. The Bertz CT molecular complexity index is 653. The number of carbonyl (C=O) groups excluding carboxylic acids is 2. The Kier molecular flexibility index (Phi) is 3.79. The second kappa shape index (κ2) is 5.52. The van der Waals surface area contributed by atoms with Crippen LogP contribution in [0.1, 0.15) is 15.9 Å². The van der Waals surface area contributed by atoms with Gasteiger partial charge in [-0.25, -0.2) is 4.39 Å². The molecular weight excluding hydrogens is 259 g/mol. The average molecular weight is 272 g/mol. The van der Waals surface area contributed by atoms with Gasteiger partial charge in [-0.05, 0) is 42.5 Å². The minimum Gasteiger partial charge on any atom is -0.399 e. The van der Waals surface area contributed by atoms with Crippen molar-refractivity contribution in [1.29, 1.82) is 0 Å². The van der Waals surface area contributed by atoms with E-state index in [1.807, 2.05) is 0 Å². The molecule has 0 heterocycles. The number of hydrogen-bond donors (Lipinski definition) is 1. The first kappa shape index (κ1) is 13.7. The van der Waals surface area contributed by atoms with E-state index < -0.39 is 11.6 Å². The van der Waals surface area contributed by atoms with Crippen LogP contribution >= 0.6 is 0 Å². The summed E-state index contributed by atoms with van der Waals surface area (Å²) < 4.78 is 13.7. The zero-order valence-corrected chi connectivity index (χ0v) is 10.8. The molecule has 0 spiro atoms.